The fourth-order valence-corrected chi connectivity index (χ4v) is 4.29. The largest absolute Gasteiger partial charge is 0.350 e. The van der Waals surface area contributed by atoms with Gasteiger partial charge in [-0.05, 0) is 50.5 Å². The molecule has 0 heterocycles. The summed E-state index contributed by atoms with van der Waals surface area (Å²) >= 11 is 0. The summed E-state index contributed by atoms with van der Waals surface area (Å²) in [5, 5.41) is 2.99. The Balaban J connectivity index is 1.85. The van der Waals surface area contributed by atoms with Crippen LogP contribution < -0.4 is 5.32 Å². The maximum absolute atomic E-state index is 12.5. The molecule has 2 aromatic carbocycles. The number of aryl methyl sites for hydroxylation is 2. The van der Waals surface area contributed by atoms with Crippen LogP contribution in [0.1, 0.15) is 42.5 Å². The number of hydrogen-bond donors (Lipinski definition) is 1. The standard InChI is InChI=1S/C21H28N2O3S/c1-16-12-13-20(17(2)15-16)18(3)22-21(24)11-8-14-23(4)27(25,26)19-9-6-5-7-10-19/h5-7,9-10,12-13,15,18H,8,11,14H2,1-4H3,(H,22,24)/t18-/m1/s1. The number of amides is 1. The van der Waals surface area contributed by atoms with Crippen molar-refractivity contribution < 1.29 is 13.2 Å². The minimum atomic E-state index is -3.51. The summed E-state index contributed by atoms with van der Waals surface area (Å²) in [5.41, 5.74) is 3.44. The molecule has 0 saturated heterocycles. The summed E-state index contributed by atoms with van der Waals surface area (Å²) in [5.74, 6) is -0.0759. The van der Waals surface area contributed by atoms with Crippen LogP contribution in [0.15, 0.2) is 53.4 Å². The maximum atomic E-state index is 12.5. The van der Waals surface area contributed by atoms with Crippen LogP contribution in [0, 0.1) is 13.8 Å². The topological polar surface area (TPSA) is 66.5 Å². The Morgan fingerprint density at radius 1 is 1.11 bits per heavy atom. The van der Waals surface area contributed by atoms with Gasteiger partial charge in [-0.15, -0.1) is 0 Å². The van der Waals surface area contributed by atoms with Crippen molar-refractivity contribution in [3.8, 4) is 0 Å². The maximum Gasteiger partial charge on any atom is 0.242 e. The lowest BCUT2D eigenvalue weighted by Gasteiger charge is -2.19. The van der Waals surface area contributed by atoms with Gasteiger partial charge in [-0.1, -0.05) is 42.0 Å². The Labute approximate surface area is 162 Å². The lowest BCUT2D eigenvalue weighted by molar-refractivity contribution is -0.121. The number of rotatable bonds is 8. The van der Waals surface area contributed by atoms with Crippen LogP contribution in [0.5, 0.6) is 0 Å². The molecule has 1 amide bonds. The Kier molecular flexibility index (Phi) is 7.16. The van der Waals surface area contributed by atoms with E-state index in [0.29, 0.717) is 13.0 Å². The minimum absolute atomic E-state index is 0.0759. The zero-order valence-electron chi connectivity index (χ0n) is 16.4. The summed E-state index contributed by atoms with van der Waals surface area (Å²) in [6.07, 6.45) is 0.748. The highest BCUT2D eigenvalue weighted by atomic mass is 32.2. The lowest BCUT2D eigenvalue weighted by Crippen LogP contribution is -2.30. The number of benzene rings is 2. The van der Waals surface area contributed by atoms with E-state index in [1.54, 1.807) is 37.4 Å². The van der Waals surface area contributed by atoms with Crippen molar-refractivity contribution in [1.29, 1.82) is 0 Å². The Morgan fingerprint density at radius 2 is 1.78 bits per heavy atom. The molecule has 0 aromatic heterocycles. The van der Waals surface area contributed by atoms with Gasteiger partial charge in [0.25, 0.3) is 0 Å². The van der Waals surface area contributed by atoms with E-state index >= 15 is 0 Å². The van der Waals surface area contributed by atoms with Gasteiger partial charge < -0.3 is 5.32 Å². The molecule has 6 heteroatoms. The van der Waals surface area contributed by atoms with Gasteiger partial charge >= 0.3 is 0 Å². The van der Waals surface area contributed by atoms with E-state index in [4.69, 9.17) is 0 Å². The van der Waals surface area contributed by atoms with Crippen LogP contribution in [0.25, 0.3) is 0 Å². The van der Waals surface area contributed by atoms with E-state index < -0.39 is 10.0 Å². The molecule has 1 atom stereocenters. The predicted octanol–water partition coefficient (Wildman–Crippen LogP) is 3.58. The quantitative estimate of drug-likeness (QED) is 0.752. The third kappa shape index (κ3) is 5.65. The summed E-state index contributed by atoms with van der Waals surface area (Å²) < 4.78 is 26.2. The average Bonchev–Trinajstić information content (AvgIpc) is 2.62. The van der Waals surface area contributed by atoms with E-state index in [1.165, 1.54) is 9.87 Å². The SMILES string of the molecule is Cc1ccc([C@@H](C)NC(=O)CCCN(C)S(=O)(=O)c2ccccc2)c(C)c1. The second-order valence-corrected chi connectivity index (χ2v) is 8.94. The van der Waals surface area contributed by atoms with Crippen molar-refractivity contribution in [2.45, 2.75) is 44.6 Å². The van der Waals surface area contributed by atoms with Crippen molar-refractivity contribution in [1.82, 2.24) is 9.62 Å². The molecule has 0 spiro atoms. The van der Waals surface area contributed by atoms with E-state index in [-0.39, 0.29) is 23.3 Å². The molecular formula is C21H28N2O3S. The van der Waals surface area contributed by atoms with Gasteiger partial charge in [0.15, 0.2) is 0 Å². The highest BCUT2D eigenvalue weighted by Gasteiger charge is 2.20. The molecule has 0 aliphatic heterocycles. The molecule has 0 fully saturated rings. The average molecular weight is 389 g/mol. The summed E-state index contributed by atoms with van der Waals surface area (Å²) in [6.45, 7) is 6.33. The zero-order valence-corrected chi connectivity index (χ0v) is 17.2. The van der Waals surface area contributed by atoms with Crippen LogP contribution >= 0.6 is 0 Å². The van der Waals surface area contributed by atoms with Gasteiger partial charge in [0, 0.05) is 20.0 Å². The first-order valence-corrected chi connectivity index (χ1v) is 10.5. The van der Waals surface area contributed by atoms with Crippen molar-refractivity contribution in [2.24, 2.45) is 0 Å². The fraction of sp³-hybridized carbons (Fsp3) is 0.381. The first-order valence-electron chi connectivity index (χ1n) is 9.09. The first-order chi connectivity index (χ1) is 12.7. The number of carbonyl (C=O) groups is 1. The van der Waals surface area contributed by atoms with Gasteiger partial charge in [0.1, 0.15) is 0 Å². The highest BCUT2D eigenvalue weighted by Crippen LogP contribution is 2.19. The van der Waals surface area contributed by atoms with Crippen LogP contribution in [0.3, 0.4) is 0 Å². The summed E-state index contributed by atoms with van der Waals surface area (Å²) in [7, 11) is -1.97. The Bertz CT molecular complexity index is 880. The van der Waals surface area contributed by atoms with Gasteiger partial charge in [-0.2, -0.15) is 0 Å². The molecule has 2 aromatic rings. The van der Waals surface area contributed by atoms with Gasteiger partial charge in [-0.25, -0.2) is 12.7 Å². The second kappa shape index (κ2) is 9.15. The molecular weight excluding hydrogens is 360 g/mol. The minimum Gasteiger partial charge on any atom is -0.350 e. The monoisotopic (exact) mass is 388 g/mol. The lowest BCUT2D eigenvalue weighted by atomic mass is 10.0. The van der Waals surface area contributed by atoms with Crippen molar-refractivity contribution >= 4 is 15.9 Å². The van der Waals surface area contributed by atoms with Gasteiger partial charge in [0.2, 0.25) is 15.9 Å². The molecule has 0 aliphatic rings. The zero-order chi connectivity index (χ0) is 20.0. The van der Waals surface area contributed by atoms with Crippen LogP contribution in [-0.4, -0.2) is 32.2 Å². The molecule has 0 radical (unpaired) electrons. The first kappa shape index (κ1) is 21.1. The molecule has 2 rings (SSSR count). The van der Waals surface area contributed by atoms with Gasteiger partial charge in [-0.3, -0.25) is 4.79 Å². The number of carbonyl (C=O) groups excluding carboxylic acids is 1. The summed E-state index contributed by atoms with van der Waals surface area (Å²) in [4.78, 5) is 12.5. The van der Waals surface area contributed by atoms with E-state index in [1.807, 2.05) is 32.9 Å². The van der Waals surface area contributed by atoms with Crippen LogP contribution in [0.2, 0.25) is 0 Å². The number of hydrogen-bond acceptors (Lipinski definition) is 3. The van der Waals surface area contributed by atoms with E-state index in [9.17, 15) is 13.2 Å². The van der Waals surface area contributed by atoms with E-state index in [0.717, 1.165) is 11.1 Å². The van der Waals surface area contributed by atoms with Crippen LogP contribution in [-0.2, 0) is 14.8 Å². The fourth-order valence-electron chi connectivity index (χ4n) is 3.06. The third-order valence-electron chi connectivity index (χ3n) is 4.60. The molecule has 1 N–H and O–H groups in total. The molecule has 5 nitrogen and oxygen atoms in total. The Hall–Kier alpha value is -2.18. The third-order valence-corrected chi connectivity index (χ3v) is 6.47. The molecule has 27 heavy (non-hydrogen) atoms. The summed E-state index contributed by atoms with van der Waals surface area (Å²) in [6, 6.07) is 14.4. The van der Waals surface area contributed by atoms with E-state index in [2.05, 4.69) is 11.4 Å². The molecule has 146 valence electrons. The normalized spacial score (nSPS) is 12.8. The predicted molar refractivity (Wildman–Crippen MR) is 108 cm³/mol. The molecule has 0 saturated carbocycles. The van der Waals surface area contributed by atoms with Crippen molar-refractivity contribution in [3.05, 3.63) is 65.2 Å². The second-order valence-electron chi connectivity index (χ2n) is 6.89. The van der Waals surface area contributed by atoms with Gasteiger partial charge in [0.05, 0.1) is 10.9 Å². The van der Waals surface area contributed by atoms with Crippen LogP contribution in [0.4, 0.5) is 0 Å². The number of nitrogens with one attached hydrogen (secondary N) is 1. The smallest absolute Gasteiger partial charge is 0.242 e. The Morgan fingerprint density at radius 3 is 2.41 bits per heavy atom. The highest BCUT2D eigenvalue weighted by molar-refractivity contribution is 7.89. The molecule has 0 unspecified atom stereocenters. The number of sulfonamides is 1. The number of nitrogens with zero attached hydrogens (tertiary/aromatic N) is 1. The van der Waals surface area contributed by atoms with Crippen molar-refractivity contribution in [3.63, 3.8) is 0 Å². The van der Waals surface area contributed by atoms with Crippen molar-refractivity contribution in [2.75, 3.05) is 13.6 Å². The molecule has 0 aliphatic carbocycles. The molecule has 0 bridgehead atoms.